The molecule has 0 saturated heterocycles. The minimum Gasteiger partial charge on any atom is -0.454 e. The summed E-state index contributed by atoms with van der Waals surface area (Å²) in [5.74, 6) is 0. The molecule has 0 amide bonds. The van der Waals surface area contributed by atoms with Crippen molar-refractivity contribution in [1.29, 1.82) is 0 Å². The van der Waals surface area contributed by atoms with Gasteiger partial charge in [0.25, 0.3) is 6.71 Å². The first-order chi connectivity index (χ1) is 63.9. The minimum atomic E-state index is -0.656. The lowest BCUT2D eigenvalue weighted by molar-refractivity contribution is 0.590. The lowest BCUT2D eigenvalue weighted by Gasteiger charge is -2.45. The molecule has 17 aromatic carbocycles. The zero-order valence-corrected chi connectivity index (χ0v) is 74.0. The zero-order chi connectivity index (χ0) is 92.0. The van der Waals surface area contributed by atoms with E-state index in [1.165, 1.54) is 11.1 Å². The van der Waals surface area contributed by atoms with Gasteiger partial charge in [0.05, 0.1) is 16.7 Å². The third kappa shape index (κ3) is 12.6. The highest BCUT2D eigenvalue weighted by Crippen LogP contribution is 2.52. The van der Waals surface area contributed by atoms with Gasteiger partial charge in [-0.15, -0.1) is 43.7 Å². The van der Waals surface area contributed by atoms with Crippen LogP contribution in [0.5, 0.6) is 0 Å². The van der Waals surface area contributed by atoms with E-state index in [-0.39, 0.29) is 98.2 Å². The number of hydrogen-bond acceptors (Lipinski definition) is 3. The van der Waals surface area contributed by atoms with E-state index in [0.717, 1.165) is 150 Å². The molecule has 0 bridgehead atoms. The highest BCUT2D eigenvalue weighted by atomic mass is 16.3. The van der Waals surface area contributed by atoms with Crippen LogP contribution >= 0.6 is 0 Å². The van der Waals surface area contributed by atoms with Crippen LogP contribution in [0.25, 0.3) is 160 Å². The Morgan fingerprint density at radius 1 is 0.233 bits per heavy atom. The zero-order valence-electron chi connectivity index (χ0n) is 74.0. The molecule has 23 heteroatoms. The van der Waals surface area contributed by atoms with E-state index in [0.29, 0.717) is 60.6 Å². The molecule has 0 aliphatic carbocycles. The van der Waals surface area contributed by atoms with Crippen molar-refractivity contribution in [3.8, 4) is 72.7 Å². The van der Waals surface area contributed by atoms with Crippen LogP contribution in [0.1, 0.15) is 52.7 Å². The summed E-state index contributed by atoms with van der Waals surface area (Å²) in [6.45, 7) is 13.0. The van der Waals surface area contributed by atoms with Gasteiger partial charge >= 0.3 is 0 Å². The van der Waals surface area contributed by atoms with Crippen LogP contribution in [0, 0.1) is 0 Å². The molecule has 21 aromatic rings. The Bertz CT molecular complexity index is 7980. The van der Waals surface area contributed by atoms with Crippen LogP contribution in [-0.2, 0) is 10.8 Å². The average molecular weight is 1660 g/mol. The maximum atomic E-state index is 7.43. The second kappa shape index (κ2) is 30.6. The number of fused-ring (bicyclic) bond motifs is 16. The molecule has 2 aliphatic rings. The van der Waals surface area contributed by atoms with Gasteiger partial charge in [0.2, 0.25) is 0 Å². The maximum Gasteiger partial charge on any atom is 0.252 e. The van der Waals surface area contributed by atoms with E-state index in [2.05, 4.69) is 299 Å². The van der Waals surface area contributed by atoms with Crippen molar-refractivity contribution in [2.24, 2.45) is 0 Å². The van der Waals surface area contributed by atoms with E-state index in [1.807, 2.05) is 45.5 Å². The van der Waals surface area contributed by atoms with Crippen LogP contribution in [0.3, 0.4) is 0 Å². The van der Waals surface area contributed by atoms with E-state index in [9.17, 15) is 0 Å². The Labute approximate surface area is 794 Å². The molecule has 0 fully saturated rings. The lowest BCUT2D eigenvalue weighted by atomic mass is 9.33. The summed E-state index contributed by atoms with van der Waals surface area (Å²) in [6.07, 6.45) is 0. The predicted octanol–water partition coefficient (Wildman–Crippen LogP) is 8.59. The first-order valence-corrected chi connectivity index (χ1v) is 44.2. The number of aromatic nitrogens is 3. The number of hydrogen-bond donors (Lipinski definition) is 0. The lowest BCUT2D eigenvalue weighted by Crippen LogP contribution is -2.61. The van der Waals surface area contributed by atoms with Crippen LogP contribution in [0.2, 0.25) is 0 Å². The first kappa shape index (κ1) is 83.9. The summed E-state index contributed by atoms with van der Waals surface area (Å²) < 4.78 is 13.6. The van der Waals surface area contributed by atoms with Crippen molar-refractivity contribution < 1.29 is 4.42 Å². The summed E-state index contributed by atoms with van der Waals surface area (Å²) in [5, 5.41) is 5.61. The molecule has 0 spiro atoms. The fraction of sp³-hybridized carbons (Fsp3) is 0.0727. The van der Waals surface area contributed by atoms with Gasteiger partial charge < -0.3 is 27.9 Å². The molecule has 32 radical (unpaired) electrons. The Morgan fingerprint density at radius 2 is 0.549 bits per heavy atom. The molecule has 586 valence electrons. The smallest absolute Gasteiger partial charge is 0.252 e. The normalized spacial score (nSPS) is 12.7. The third-order valence-corrected chi connectivity index (χ3v) is 27.8. The molecule has 2 aliphatic heterocycles. The van der Waals surface area contributed by atoms with E-state index in [1.54, 1.807) is 0 Å². The molecule has 133 heavy (non-hydrogen) atoms. The molecule has 4 aromatic heterocycles. The van der Waals surface area contributed by atoms with E-state index >= 15 is 0 Å². The van der Waals surface area contributed by atoms with E-state index in [4.69, 9.17) is 130 Å². The highest BCUT2D eigenvalue weighted by molar-refractivity contribution is 7.00. The molecular weight excluding hydrogens is 1590 g/mol. The van der Waals surface area contributed by atoms with Gasteiger partial charge in [-0.25, -0.2) is 0 Å². The van der Waals surface area contributed by atoms with Crippen molar-refractivity contribution in [3.05, 3.63) is 290 Å². The number of anilines is 6. The van der Waals surface area contributed by atoms with Gasteiger partial charge in [-0.3, -0.25) is 0 Å². The van der Waals surface area contributed by atoms with Gasteiger partial charge in [-0.1, -0.05) is 249 Å². The SMILES string of the molecule is [B]c1c([B])c([B])c2c(c1[B])c1c([B])c([B])c([B])c([B])c1n2-c1ccc2c(c1)N(c1cc(-c3ccccc3)cc(-c3ccccc3)c1)c1cc(-c3cc(-n4c5ccc(C(C)(C)C)cc5c5cc(C(C)(C)C)ccc54)c4oc5ccccc5c4c3)cc3c1B2c1ccc(-n2c4c([B])c([B])c([B])c([B])c4c4c([B])c([B])c([B])c([B])c42)cc1N3c1cc(-c2ccccc2)cc(-c2ccccc2)c1. The summed E-state index contributed by atoms with van der Waals surface area (Å²) in [4.78, 5) is 4.83. The summed E-state index contributed by atoms with van der Waals surface area (Å²) in [6, 6.07) is 99.9. The van der Waals surface area contributed by atoms with E-state index < -0.39 is 6.71 Å². The standard InChI is InChI=1S/C110H64B17N5O/c1-109(2,3)63-31-37-75-70(49-63)71-50-64(110(4,5)6)32-38-76(71)132(75)81-48-61(45-72-69-29-19-20-30-82(69)133-108(72)81)62-46-79-103-80(47-62)129(68-43-59(55-25-15-9-16-26-55)40-60(44-68)56-27-17-10-18-28-56)78-52-66(131-106-85(89(113)93(117)97(121)101(106)125)86-90(114)94(118)98(122)102(126)107(86)131)34-36-74(78)127(103)73-35-33-65(130-104-83(87(111)91(115)95(119)99(104)123)84-88(112)92(116)96(120)100(124)105(84)130)51-77(73)128(79)67-41-57(53-21-11-7-12-22-53)39-58(42-67)54-23-13-8-14-24-54/h7-52H,1-6H3. The fourth-order valence-electron chi connectivity index (χ4n) is 20.9. The number of rotatable bonds is 10. The summed E-state index contributed by atoms with van der Waals surface area (Å²) >= 11 is 0. The van der Waals surface area contributed by atoms with Gasteiger partial charge in [-0.2, -0.15) is 0 Å². The van der Waals surface area contributed by atoms with Crippen molar-refractivity contribution in [3.63, 3.8) is 0 Å². The Morgan fingerprint density at radius 3 is 0.902 bits per heavy atom. The number of para-hydroxylation sites is 1. The second-order valence-corrected chi connectivity index (χ2v) is 37.5. The van der Waals surface area contributed by atoms with Crippen molar-refractivity contribution in [1.82, 2.24) is 13.7 Å². The maximum absolute atomic E-state index is 7.43. The second-order valence-electron chi connectivity index (χ2n) is 37.5. The molecular formula is C110H64B17N5O. The summed E-state index contributed by atoms with van der Waals surface area (Å²) in [7, 11) is 114. The van der Waals surface area contributed by atoms with Crippen molar-refractivity contribution >= 4 is 358 Å². The van der Waals surface area contributed by atoms with Crippen LogP contribution in [-0.4, -0.2) is 146 Å². The van der Waals surface area contributed by atoms with Crippen molar-refractivity contribution in [2.75, 3.05) is 9.80 Å². The average Bonchev–Trinajstić information content (AvgIpc) is 1.70. The van der Waals surface area contributed by atoms with Gasteiger partial charge in [0, 0.05) is 89.1 Å². The quantitative estimate of drug-likeness (QED) is 0.129. The molecule has 6 nitrogen and oxygen atoms in total. The molecule has 0 atom stereocenters. The van der Waals surface area contributed by atoms with Gasteiger partial charge in [-0.05, 0) is 231 Å². The third-order valence-electron chi connectivity index (χ3n) is 27.8. The van der Waals surface area contributed by atoms with Crippen LogP contribution in [0.15, 0.2) is 283 Å². The number of benzene rings is 17. The van der Waals surface area contributed by atoms with Gasteiger partial charge in [0.1, 0.15) is 131 Å². The minimum absolute atomic E-state index is 0.0606. The molecule has 0 saturated carbocycles. The largest absolute Gasteiger partial charge is 0.454 e. The molecule has 23 rings (SSSR count). The molecule has 6 heterocycles. The monoisotopic (exact) mass is 1660 g/mol. The summed E-state index contributed by atoms with van der Waals surface area (Å²) in [5.41, 5.74) is 27.3. The topological polar surface area (TPSA) is 34.4 Å². The molecule has 0 unspecified atom stereocenters. The Balaban J connectivity index is 0.919. The fourth-order valence-corrected chi connectivity index (χ4v) is 20.9. The predicted molar refractivity (Wildman–Crippen MR) is 582 cm³/mol. The van der Waals surface area contributed by atoms with Gasteiger partial charge in [0.15, 0.2) is 5.58 Å². The molecule has 0 N–H and O–H groups in total. The Kier molecular flexibility index (Phi) is 19.3. The highest BCUT2D eigenvalue weighted by Gasteiger charge is 2.46. The number of furan rings is 1. The Hall–Kier alpha value is -13.4. The first-order valence-electron chi connectivity index (χ1n) is 44.2. The van der Waals surface area contributed by atoms with Crippen LogP contribution in [0.4, 0.5) is 34.1 Å². The number of nitrogens with zero attached hydrogens (tertiary/aromatic N) is 5. The van der Waals surface area contributed by atoms with Crippen LogP contribution < -0.4 is 114 Å². The van der Waals surface area contributed by atoms with Crippen molar-refractivity contribution in [2.45, 2.75) is 52.4 Å².